The zero-order chi connectivity index (χ0) is 12.3. The largest absolute Gasteiger partial charge is 0.351 e. The Balaban J connectivity index is 1.72. The summed E-state index contributed by atoms with van der Waals surface area (Å²) < 4.78 is 0. The molecule has 0 aromatic carbocycles. The monoisotopic (exact) mass is 239 g/mol. The number of primary amides is 1. The van der Waals surface area contributed by atoms with Crippen LogP contribution in [0.25, 0.3) is 0 Å². The maximum Gasteiger partial charge on any atom is 0.314 e. The van der Waals surface area contributed by atoms with Crippen molar-refractivity contribution in [1.29, 1.82) is 0 Å². The number of urea groups is 1. The van der Waals surface area contributed by atoms with Crippen molar-refractivity contribution in [3.05, 3.63) is 0 Å². The van der Waals surface area contributed by atoms with Crippen LogP contribution in [0.5, 0.6) is 0 Å². The topological polar surface area (TPSA) is 58.4 Å². The predicted octanol–water partition coefficient (Wildman–Crippen LogP) is 1.70. The van der Waals surface area contributed by atoms with Gasteiger partial charge in [-0.05, 0) is 31.6 Å². The molecular formula is C13H25N3O. The van der Waals surface area contributed by atoms with Crippen LogP contribution in [0.15, 0.2) is 0 Å². The fourth-order valence-corrected chi connectivity index (χ4v) is 3.19. The van der Waals surface area contributed by atoms with Gasteiger partial charge < -0.3 is 16.0 Å². The van der Waals surface area contributed by atoms with E-state index >= 15 is 0 Å². The highest BCUT2D eigenvalue weighted by Crippen LogP contribution is 2.24. The van der Waals surface area contributed by atoms with Crippen LogP contribution in [0.4, 0.5) is 4.79 Å². The second-order valence-electron chi connectivity index (χ2n) is 5.73. The number of piperidine rings is 1. The standard InChI is InChI=1S/C13H25N3O/c1-10-3-2-4-12(9-10)15-11-5-7-16(8-6-11)13(14)17/h10-12,15H,2-9H2,1H3,(H2,14,17). The normalized spacial score (nSPS) is 31.5. The van der Waals surface area contributed by atoms with E-state index in [0.29, 0.717) is 12.1 Å². The summed E-state index contributed by atoms with van der Waals surface area (Å²) in [6.45, 7) is 3.98. The number of nitrogens with one attached hydrogen (secondary N) is 1. The molecule has 4 heteroatoms. The first kappa shape index (κ1) is 12.7. The lowest BCUT2D eigenvalue weighted by Crippen LogP contribution is -2.49. The van der Waals surface area contributed by atoms with E-state index in [2.05, 4.69) is 12.2 Å². The average molecular weight is 239 g/mol. The van der Waals surface area contributed by atoms with E-state index in [9.17, 15) is 4.79 Å². The van der Waals surface area contributed by atoms with Crippen LogP contribution in [0.3, 0.4) is 0 Å². The van der Waals surface area contributed by atoms with Gasteiger partial charge in [0.2, 0.25) is 0 Å². The molecule has 17 heavy (non-hydrogen) atoms. The van der Waals surface area contributed by atoms with E-state index in [0.717, 1.165) is 31.8 Å². The molecule has 2 unspecified atom stereocenters. The first-order chi connectivity index (χ1) is 8.15. The summed E-state index contributed by atoms with van der Waals surface area (Å²) in [5.74, 6) is 0.868. The Labute approximate surface area is 104 Å². The van der Waals surface area contributed by atoms with Crippen LogP contribution < -0.4 is 11.1 Å². The Morgan fingerprint density at radius 2 is 1.88 bits per heavy atom. The number of hydrogen-bond acceptors (Lipinski definition) is 2. The SMILES string of the molecule is CC1CCCC(NC2CCN(C(N)=O)CC2)C1. The minimum absolute atomic E-state index is 0.269. The number of carbonyl (C=O) groups is 1. The second-order valence-corrected chi connectivity index (χ2v) is 5.73. The molecule has 2 aliphatic rings. The summed E-state index contributed by atoms with van der Waals surface area (Å²) >= 11 is 0. The third-order valence-electron chi connectivity index (χ3n) is 4.21. The minimum Gasteiger partial charge on any atom is -0.351 e. The van der Waals surface area contributed by atoms with Crippen molar-refractivity contribution in [2.24, 2.45) is 11.7 Å². The van der Waals surface area contributed by atoms with Crippen LogP contribution in [-0.2, 0) is 0 Å². The molecule has 0 spiro atoms. The van der Waals surface area contributed by atoms with Crippen molar-refractivity contribution in [3.8, 4) is 0 Å². The number of amides is 2. The number of nitrogens with zero attached hydrogens (tertiary/aromatic N) is 1. The number of likely N-dealkylation sites (tertiary alicyclic amines) is 1. The van der Waals surface area contributed by atoms with E-state index in [4.69, 9.17) is 5.73 Å². The molecule has 1 saturated carbocycles. The number of hydrogen-bond donors (Lipinski definition) is 2. The molecule has 1 heterocycles. The third-order valence-corrected chi connectivity index (χ3v) is 4.21. The molecule has 98 valence electrons. The first-order valence-electron chi connectivity index (χ1n) is 6.95. The van der Waals surface area contributed by atoms with E-state index < -0.39 is 0 Å². The fourth-order valence-electron chi connectivity index (χ4n) is 3.19. The molecular weight excluding hydrogens is 214 g/mol. The van der Waals surface area contributed by atoms with Crippen molar-refractivity contribution in [2.75, 3.05) is 13.1 Å². The molecule has 0 aromatic rings. The summed E-state index contributed by atoms with van der Waals surface area (Å²) in [4.78, 5) is 12.8. The van der Waals surface area contributed by atoms with Crippen LogP contribution in [0.2, 0.25) is 0 Å². The number of rotatable bonds is 2. The Morgan fingerprint density at radius 3 is 2.47 bits per heavy atom. The van der Waals surface area contributed by atoms with Crippen molar-refractivity contribution in [2.45, 2.75) is 57.5 Å². The molecule has 0 radical (unpaired) electrons. The lowest BCUT2D eigenvalue weighted by molar-refractivity contribution is 0.176. The van der Waals surface area contributed by atoms with Crippen molar-refractivity contribution in [3.63, 3.8) is 0 Å². The van der Waals surface area contributed by atoms with E-state index in [1.54, 1.807) is 4.90 Å². The highest BCUT2D eigenvalue weighted by atomic mass is 16.2. The molecule has 2 rings (SSSR count). The molecule has 2 atom stereocenters. The number of nitrogens with two attached hydrogens (primary N) is 1. The summed E-state index contributed by atoms with van der Waals surface area (Å²) in [7, 11) is 0. The Hall–Kier alpha value is -0.770. The van der Waals surface area contributed by atoms with E-state index in [1.165, 1.54) is 25.7 Å². The summed E-state index contributed by atoms with van der Waals surface area (Å²) in [5, 5.41) is 3.77. The van der Waals surface area contributed by atoms with Gasteiger partial charge in [0, 0.05) is 25.2 Å². The summed E-state index contributed by atoms with van der Waals surface area (Å²) in [6.07, 6.45) is 7.48. The van der Waals surface area contributed by atoms with Crippen LogP contribution >= 0.6 is 0 Å². The third kappa shape index (κ3) is 3.60. The van der Waals surface area contributed by atoms with Crippen LogP contribution in [0.1, 0.15) is 45.4 Å². The molecule has 2 fully saturated rings. The van der Waals surface area contributed by atoms with E-state index in [-0.39, 0.29) is 6.03 Å². The minimum atomic E-state index is -0.269. The second kappa shape index (κ2) is 5.71. The van der Waals surface area contributed by atoms with Gasteiger partial charge in [-0.15, -0.1) is 0 Å². The lowest BCUT2D eigenvalue weighted by atomic mass is 9.86. The Kier molecular flexibility index (Phi) is 4.26. The molecule has 1 aliphatic carbocycles. The molecule has 0 aromatic heterocycles. The molecule has 1 aliphatic heterocycles. The van der Waals surface area contributed by atoms with E-state index in [1.807, 2.05) is 0 Å². The van der Waals surface area contributed by atoms with Crippen LogP contribution in [-0.4, -0.2) is 36.1 Å². The first-order valence-corrected chi connectivity index (χ1v) is 6.95. The van der Waals surface area contributed by atoms with Crippen LogP contribution in [0, 0.1) is 5.92 Å². The Morgan fingerprint density at radius 1 is 1.18 bits per heavy atom. The summed E-state index contributed by atoms with van der Waals surface area (Å²) in [5.41, 5.74) is 5.28. The highest BCUT2D eigenvalue weighted by molar-refractivity contribution is 5.72. The fraction of sp³-hybridized carbons (Fsp3) is 0.923. The van der Waals surface area contributed by atoms with Gasteiger partial charge in [0.1, 0.15) is 0 Å². The van der Waals surface area contributed by atoms with Gasteiger partial charge in [-0.2, -0.15) is 0 Å². The quantitative estimate of drug-likeness (QED) is 0.770. The van der Waals surface area contributed by atoms with Gasteiger partial charge in [-0.25, -0.2) is 4.79 Å². The number of carbonyl (C=O) groups excluding carboxylic acids is 1. The van der Waals surface area contributed by atoms with Gasteiger partial charge in [-0.1, -0.05) is 19.8 Å². The molecule has 3 N–H and O–H groups in total. The predicted molar refractivity (Wildman–Crippen MR) is 68.7 cm³/mol. The van der Waals surface area contributed by atoms with Crippen molar-refractivity contribution < 1.29 is 4.79 Å². The van der Waals surface area contributed by atoms with Gasteiger partial charge in [-0.3, -0.25) is 0 Å². The molecule has 4 nitrogen and oxygen atoms in total. The smallest absolute Gasteiger partial charge is 0.314 e. The zero-order valence-electron chi connectivity index (χ0n) is 10.8. The molecule has 0 bridgehead atoms. The summed E-state index contributed by atoms with van der Waals surface area (Å²) in [6, 6.07) is 1.01. The van der Waals surface area contributed by atoms with Crippen molar-refractivity contribution in [1.82, 2.24) is 10.2 Å². The lowest BCUT2D eigenvalue weighted by Gasteiger charge is -2.36. The maximum absolute atomic E-state index is 11.0. The zero-order valence-corrected chi connectivity index (χ0v) is 10.8. The van der Waals surface area contributed by atoms with Gasteiger partial charge in [0.05, 0.1) is 0 Å². The maximum atomic E-state index is 11.0. The average Bonchev–Trinajstić information content (AvgIpc) is 2.29. The van der Waals surface area contributed by atoms with Gasteiger partial charge in [0.15, 0.2) is 0 Å². The molecule has 1 saturated heterocycles. The van der Waals surface area contributed by atoms with Gasteiger partial charge >= 0.3 is 6.03 Å². The highest BCUT2D eigenvalue weighted by Gasteiger charge is 2.25. The van der Waals surface area contributed by atoms with Gasteiger partial charge in [0.25, 0.3) is 0 Å². The van der Waals surface area contributed by atoms with Crippen molar-refractivity contribution >= 4 is 6.03 Å². The Bertz CT molecular complexity index is 261. The molecule has 2 amide bonds.